The lowest BCUT2D eigenvalue weighted by atomic mass is 10.1. The number of nitrogens with zero attached hydrogens (tertiary/aromatic N) is 1. The van der Waals surface area contributed by atoms with Crippen LogP contribution in [0.1, 0.15) is 41.7 Å². The zero-order valence-electron chi connectivity index (χ0n) is 13.3. The van der Waals surface area contributed by atoms with Crippen molar-refractivity contribution in [2.45, 2.75) is 32.9 Å². The molecule has 24 heavy (non-hydrogen) atoms. The molecule has 128 valence electrons. The maximum absolute atomic E-state index is 12.2. The van der Waals surface area contributed by atoms with Gasteiger partial charge in [0.15, 0.2) is 6.10 Å². The van der Waals surface area contributed by atoms with E-state index in [0.717, 1.165) is 0 Å². The number of amides is 1. The molecule has 1 heterocycles. The van der Waals surface area contributed by atoms with Gasteiger partial charge in [0.25, 0.3) is 5.91 Å². The first-order chi connectivity index (χ1) is 11.3. The summed E-state index contributed by atoms with van der Waals surface area (Å²) in [5, 5.41) is 7.27. The average Bonchev–Trinajstić information content (AvgIpc) is 2.93. The number of hydrogen-bond donors (Lipinski definition) is 1. The monoisotopic (exact) mass is 370 g/mol. The van der Waals surface area contributed by atoms with Gasteiger partial charge in [-0.15, -0.1) is 0 Å². The molecule has 0 fully saturated rings. The largest absolute Gasteiger partial charge is 0.447 e. The molecular formula is C16H16Cl2N2O4. The Morgan fingerprint density at radius 1 is 1.25 bits per heavy atom. The molecule has 0 saturated heterocycles. The van der Waals surface area contributed by atoms with Gasteiger partial charge in [-0.1, -0.05) is 34.4 Å². The highest BCUT2D eigenvalue weighted by Crippen LogP contribution is 2.26. The topological polar surface area (TPSA) is 81.4 Å². The van der Waals surface area contributed by atoms with Crippen LogP contribution >= 0.6 is 23.2 Å². The Bertz CT molecular complexity index is 760. The van der Waals surface area contributed by atoms with Gasteiger partial charge in [-0.2, -0.15) is 0 Å². The standard InChI is InChI=1S/C16H16Cl2N2O4/c1-8-6-14(24-20-8)16(22)23-10(3)15(21)19-9(2)12-5-4-11(17)7-13(12)18/h4-7,9-10H,1-3H3,(H,19,21)/t9-,10-/m1/s1. The van der Waals surface area contributed by atoms with Crippen molar-refractivity contribution in [3.05, 3.63) is 51.3 Å². The normalized spacial score (nSPS) is 13.2. The fourth-order valence-corrected chi connectivity index (χ4v) is 2.57. The molecule has 1 aromatic heterocycles. The highest BCUT2D eigenvalue weighted by Gasteiger charge is 2.23. The van der Waals surface area contributed by atoms with E-state index >= 15 is 0 Å². The molecule has 1 aromatic carbocycles. The summed E-state index contributed by atoms with van der Waals surface area (Å²) >= 11 is 12.0. The second-order valence-electron chi connectivity index (χ2n) is 5.28. The number of ether oxygens (including phenoxy) is 1. The zero-order chi connectivity index (χ0) is 17.9. The Balaban J connectivity index is 1.96. The first-order valence-electron chi connectivity index (χ1n) is 7.17. The van der Waals surface area contributed by atoms with Crippen molar-refractivity contribution in [2.75, 3.05) is 0 Å². The minimum atomic E-state index is -1.00. The van der Waals surface area contributed by atoms with Crippen LogP contribution in [0.2, 0.25) is 10.0 Å². The van der Waals surface area contributed by atoms with Gasteiger partial charge < -0.3 is 14.6 Å². The molecule has 0 spiro atoms. The predicted molar refractivity (Wildman–Crippen MR) is 89.1 cm³/mol. The van der Waals surface area contributed by atoms with E-state index in [0.29, 0.717) is 21.3 Å². The quantitative estimate of drug-likeness (QED) is 0.811. The summed E-state index contributed by atoms with van der Waals surface area (Å²) in [5.41, 5.74) is 1.25. The van der Waals surface area contributed by atoms with E-state index in [9.17, 15) is 9.59 Å². The molecule has 0 bridgehead atoms. The third-order valence-corrected chi connectivity index (χ3v) is 3.83. The van der Waals surface area contributed by atoms with Crippen LogP contribution in [0.15, 0.2) is 28.8 Å². The lowest BCUT2D eigenvalue weighted by Gasteiger charge is -2.19. The van der Waals surface area contributed by atoms with Gasteiger partial charge in [0, 0.05) is 16.1 Å². The third-order valence-electron chi connectivity index (χ3n) is 3.27. The van der Waals surface area contributed by atoms with Crippen LogP contribution in [-0.4, -0.2) is 23.1 Å². The van der Waals surface area contributed by atoms with Crippen molar-refractivity contribution in [3.8, 4) is 0 Å². The van der Waals surface area contributed by atoms with Gasteiger partial charge in [0.1, 0.15) is 0 Å². The lowest BCUT2D eigenvalue weighted by Crippen LogP contribution is -2.37. The molecule has 0 saturated carbocycles. The molecule has 1 N–H and O–H groups in total. The lowest BCUT2D eigenvalue weighted by molar-refractivity contribution is -0.129. The van der Waals surface area contributed by atoms with Crippen LogP contribution in [-0.2, 0) is 9.53 Å². The van der Waals surface area contributed by atoms with Crippen LogP contribution in [0.25, 0.3) is 0 Å². The minimum Gasteiger partial charge on any atom is -0.447 e. The third kappa shape index (κ3) is 4.49. The number of nitrogens with one attached hydrogen (secondary N) is 1. The summed E-state index contributed by atoms with van der Waals surface area (Å²) in [7, 11) is 0. The van der Waals surface area contributed by atoms with Gasteiger partial charge in [-0.25, -0.2) is 4.79 Å². The molecule has 6 nitrogen and oxygen atoms in total. The molecule has 2 rings (SSSR count). The van der Waals surface area contributed by atoms with E-state index in [1.165, 1.54) is 13.0 Å². The SMILES string of the molecule is Cc1cc(C(=O)O[C@H](C)C(=O)N[C@H](C)c2ccc(Cl)cc2Cl)on1. The van der Waals surface area contributed by atoms with Gasteiger partial charge in [-0.3, -0.25) is 4.79 Å². The number of carbonyl (C=O) groups excluding carboxylic acids is 2. The molecule has 0 aliphatic heterocycles. The maximum atomic E-state index is 12.2. The van der Waals surface area contributed by atoms with E-state index in [1.54, 1.807) is 32.0 Å². The fraction of sp³-hybridized carbons (Fsp3) is 0.312. The van der Waals surface area contributed by atoms with E-state index in [-0.39, 0.29) is 11.8 Å². The minimum absolute atomic E-state index is 0.0547. The average molecular weight is 371 g/mol. The highest BCUT2D eigenvalue weighted by molar-refractivity contribution is 6.35. The van der Waals surface area contributed by atoms with Gasteiger partial charge in [0.2, 0.25) is 5.76 Å². The Morgan fingerprint density at radius 2 is 1.96 bits per heavy atom. The first kappa shape index (κ1) is 18.3. The van der Waals surface area contributed by atoms with Crippen molar-refractivity contribution >= 4 is 35.1 Å². The molecular weight excluding hydrogens is 355 g/mol. The molecule has 0 unspecified atom stereocenters. The second kappa shape index (κ2) is 7.68. The number of halogens is 2. The number of benzene rings is 1. The van der Waals surface area contributed by atoms with Crippen LogP contribution in [0.3, 0.4) is 0 Å². The van der Waals surface area contributed by atoms with Crippen LogP contribution in [0.4, 0.5) is 0 Å². The number of rotatable bonds is 5. The Morgan fingerprint density at radius 3 is 2.54 bits per heavy atom. The number of aryl methyl sites for hydroxylation is 1. The van der Waals surface area contributed by atoms with Crippen molar-refractivity contribution in [2.24, 2.45) is 0 Å². The van der Waals surface area contributed by atoms with Gasteiger partial charge >= 0.3 is 5.97 Å². The molecule has 0 radical (unpaired) electrons. The summed E-state index contributed by atoms with van der Waals surface area (Å²) in [6.45, 7) is 4.90. The van der Waals surface area contributed by atoms with Gasteiger partial charge in [-0.05, 0) is 38.5 Å². The Labute approximate surface area is 149 Å². The number of esters is 1. The van der Waals surface area contributed by atoms with Crippen molar-refractivity contribution < 1.29 is 18.8 Å². The molecule has 1 amide bonds. The highest BCUT2D eigenvalue weighted by atomic mass is 35.5. The second-order valence-corrected chi connectivity index (χ2v) is 6.12. The van der Waals surface area contributed by atoms with E-state index in [2.05, 4.69) is 10.5 Å². The van der Waals surface area contributed by atoms with E-state index in [4.69, 9.17) is 32.5 Å². The number of hydrogen-bond acceptors (Lipinski definition) is 5. The molecule has 8 heteroatoms. The fourth-order valence-electron chi connectivity index (χ4n) is 1.99. The van der Waals surface area contributed by atoms with Crippen molar-refractivity contribution in [1.82, 2.24) is 10.5 Å². The molecule has 2 atom stereocenters. The summed E-state index contributed by atoms with van der Waals surface area (Å²) in [6.07, 6.45) is -1.00. The molecule has 0 aliphatic rings. The van der Waals surface area contributed by atoms with Crippen LogP contribution in [0, 0.1) is 6.92 Å². The Hall–Kier alpha value is -2.05. The van der Waals surface area contributed by atoms with Crippen molar-refractivity contribution in [3.63, 3.8) is 0 Å². The number of carbonyl (C=O) groups is 2. The van der Waals surface area contributed by atoms with Crippen molar-refractivity contribution in [1.29, 1.82) is 0 Å². The summed E-state index contributed by atoms with van der Waals surface area (Å²) in [5.74, 6) is -1.27. The number of aromatic nitrogens is 1. The first-order valence-corrected chi connectivity index (χ1v) is 7.93. The summed E-state index contributed by atoms with van der Waals surface area (Å²) in [6, 6.07) is 6.06. The van der Waals surface area contributed by atoms with Crippen LogP contribution in [0.5, 0.6) is 0 Å². The molecule has 0 aliphatic carbocycles. The predicted octanol–water partition coefficient (Wildman–Crippen LogP) is 3.71. The van der Waals surface area contributed by atoms with Crippen LogP contribution < -0.4 is 5.32 Å². The summed E-state index contributed by atoms with van der Waals surface area (Å²) in [4.78, 5) is 24.0. The zero-order valence-corrected chi connectivity index (χ0v) is 14.8. The van der Waals surface area contributed by atoms with E-state index in [1.807, 2.05) is 0 Å². The summed E-state index contributed by atoms with van der Waals surface area (Å²) < 4.78 is 9.86. The Kier molecular flexibility index (Phi) is 5.85. The maximum Gasteiger partial charge on any atom is 0.377 e. The smallest absolute Gasteiger partial charge is 0.377 e. The molecule has 2 aromatic rings. The van der Waals surface area contributed by atoms with E-state index < -0.39 is 18.0 Å². The van der Waals surface area contributed by atoms with Gasteiger partial charge in [0.05, 0.1) is 11.7 Å².